The Hall–Kier alpha value is -1.13. The minimum absolute atomic E-state index is 0. The van der Waals surface area contributed by atoms with Crippen LogP contribution in [-0.2, 0) is 11.3 Å². The molecule has 1 fully saturated rings. The number of guanidine groups is 1. The minimum atomic E-state index is -0.165. The molecule has 0 radical (unpaired) electrons. The van der Waals surface area contributed by atoms with Crippen molar-refractivity contribution in [2.45, 2.75) is 27.3 Å². The first-order chi connectivity index (χ1) is 13.2. The van der Waals surface area contributed by atoms with E-state index in [2.05, 4.69) is 32.3 Å². The molecule has 1 aliphatic rings. The topological polar surface area (TPSA) is 52.1 Å². The Bertz CT molecular complexity index is 594. The monoisotopic (exact) mass is 507 g/mol. The highest BCUT2D eigenvalue weighted by Gasteiger charge is 2.18. The largest absolute Gasteiger partial charge is 0.380 e. The average Bonchev–Trinajstić information content (AvgIpc) is 2.69. The quantitative estimate of drug-likeness (QED) is 0.233. The highest BCUT2D eigenvalue weighted by atomic mass is 127. The van der Waals surface area contributed by atoms with E-state index in [1.807, 2.05) is 26.0 Å². The van der Waals surface area contributed by atoms with E-state index in [1.165, 1.54) is 0 Å². The van der Waals surface area contributed by atoms with Gasteiger partial charge in [-0.3, -0.25) is 0 Å². The van der Waals surface area contributed by atoms with Crippen LogP contribution in [0.15, 0.2) is 23.2 Å². The fourth-order valence-electron chi connectivity index (χ4n) is 3.11. The van der Waals surface area contributed by atoms with Crippen LogP contribution in [0.4, 0.5) is 10.1 Å². The number of likely N-dealkylation sites (N-methyl/N-ethyl adjacent to an activating group) is 1. The number of piperazine rings is 1. The predicted octanol–water partition coefficient (Wildman–Crippen LogP) is 2.68. The molecule has 0 spiro atoms. The molecule has 1 heterocycles. The van der Waals surface area contributed by atoms with Crippen molar-refractivity contribution in [2.24, 2.45) is 4.99 Å². The van der Waals surface area contributed by atoms with Gasteiger partial charge in [-0.2, -0.15) is 0 Å². The van der Waals surface area contributed by atoms with E-state index in [1.54, 1.807) is 6.07 Å². The molecule has 2 N–H and O–H groups in total. The molecule has 2 rings (SSSR count). The lowest BCUT2D eigenvalue weighted by atomic mass is 10.1. The summed E-state index contributed by atoms with van der Waals surface area (Å²) in [5, 5.41) is 6.41. The van der Waals surface area contributed by atoms with Gasteiger partial charge in [-0.05, 0) is 38.1 Å². The molecule has 0 atom stereocenters. The number of nitrogens with one attached hydrogen (secondary N) is 2. The van der Waals surface area contributed by atoms with Gasteiger partial charge in [-0.15, -0.1) is 24.0 Å². The first-order valence-corrected chi connectivity index (χ1v) is 10.0. The molecule has 0 saturated carbocycles. The van der Waals surface area contributed by atoms with Crippen molar-refractivity contribution in [3.63, 3.8) is 0 Å². The molecular weight excluding hydrogens is 472 g/mol. The zero-order valence-corrected chi connectivity index (χ0v) is 19.7. The third-order valence-electron chi connectivity index (χ3n) is 4.68. The van der Waals surface area contributed by atoms with E-state index in [0.29, 0.717) is 32.0 Å². The van der Waals surface area contributed by atoms with Crippen molar-refractivity contribution in [2.75, 3.05) is 63.9 Å². The Morgan fingerprint density at radius 2 is 1.89 bits per heavy atom. The van der Waals surface area contributed by atoms with Crippen LogP contribution in [0.5, 0.6) is 0 Å². The minimum Gasteiger partial charge on any atom is -0.380 e. The molecule has 8 heteroatoms. The van der Waals surface area contributed by atoms with E-state index >= 15 is 0 Å². The zero-order chi connectivity index (χ0) is 19.5. The Kier molecular flexibility index (Phi) is 12.4. The van der Waals surface area contributed by atoms with Crippen molar-refractivity contribution < 1.29 is 9.13 Å². The van der Waals surface area contributed by atoms with Crippen molar-refractivity contribution in [3.8, 4) is 0 Å². The Morgan fingerprint density at radius 3 is 2.50 bits per heavy atom. The summed E-state index contributed by atoms with van der Waals surface area (Å²) in [6, 6.07) is 5.46. The van der Waals surface area contributed by atoms with Crippen molar-refractivity contribution >= 4 is 35.6 Å². The summed E-state index contributed by atoms with van der Waals surface area (Å²) in [5.41, 5.74) is 1.56. The van der Waals surface area contributed by atoms with Crippen LogP contribution in [0, 0.1) is 5.82 Å². The summed E-state index contributed by atoms with van der Waals surface area (Å²) >= 11 is 0. The molecule has 1 aromatic carbocycles. The van der Waals surface area contributed by atoms with E-state index in [-0.39, 0.29) is 29.8 Å². The van der Waals surface area contributed by atoms with Gasteiger partial charge in [0.05, 0.1) is 18.8 Å². The number of hydrogen-bond acceptors (Lipinski definition) is 4. The molecule has 0 aromatic heterocycles. The standard InChI is InChI=1S/C20H34FN5O.HI/c1-4-22-20(23-9-14-27-6-3)24-16-17-7-8-19(18(21)15-17)26-12-10-25(5-2)11-13-26;/h7-8,15H,4-6,9-14,16H2,1-3H3,(H2,22,23,24);1H. The Labute approximate surface area is 185 Å². The van der Waals surface area contributed by atoms with Gasteiger partial charge in [0.15, 0.2) is 5.96 Å². The molecule has 6 nitrogen and oxygen atoms in total. The summed E-state index contributed by atoms with van der Waals surface area (Å²) in [6.07, 6.45) is 0. The van der Waals surface area contributed by atoms with Crippen LogP contribution >= 0.6 is 24.0 Å². The fraction of sp³-hybridized carbons (Fsp3) is 0.650. The summed E-state index contributed by atoms with van der Waals surface area (Å²) in [4.78, 5) is 9.06. The number of ether oxygens (including phenoxy) is 1. The molecule has 0 bridgehead atoms. The second-order valence-electron chi connectivity index (χ2n) is 6.53. The summed E-state index contributed by atoms with van der Waals surface area (Å²) in [7, 11) is 0. The first kappa shape index (κ1) is 24.9. The lowest BCUT2D eigenvalue weighted by Gasteiger charge is -2.35. The van der Waals surface area contributed by atoms with Gasteiger partial charge in [0.25, 0.3) is 0 Å². The third kappa shape index (κ3) is 8.08. The Balaban J connectivity index is 0.00000392. The maximum Gasteiger partial charge on any atom is 0.191 e. The molecule has 0 unspecified atom stereocenters. The van der Waals surface area contributed by atoms with E-state index < -0.39 is 0 Å². The molecular formula is C20H35FIN5O. The number of aliphatic imine (C=N–C) groups is 1. The average molecular weight is 507 g/mol. The van der Waals surface area contributed by atoms with E-state index in [9.17, 15) is 4.39 Å². The van der Waals surface area contributed by atoms with Gasteiger partial charge in [-0.1, -0.05) is 13.0 Å². The van der Waals surface area contributed by atoms with Gasteiger partial charge in [-0.25, -0.2) is 9.38 Å². The number of nitrogens with zero attached hydrogens (tertiary/aromatic N) is 3. The number of hydrogen-bond donors (Lipinski definition) is 2. The Morgan fingerprint density at radius 1 is 1.14 bits per heavy atom. The molecule has 28 heavy (non-hydrogen) atoms. The number of halogens is 2. The van der Waals surface area contributed by atoms with Gasteiger partial charge in [0.1, 0.15) is 5.82 Å². The lowest BCUT2D eigenvalue weighted by molar-refractivity contribution is 0.152. The molecule has 160 valence electrons. The smallest absolute Gasteiger partial charge is 0.191 e. The van der Waals surface area contributed by atoms with Crippen LogP contribution in [0.1, 0.15) is 26.3 Å². The fourth-order valence-corrected chi connectivity index (χ4v) is 3.11. The van der Waals surface area contributed by atoms with Crippen LogP contribution < -0.4 is 15.5 Å². The van der Waals surface area contributed by atoms with Crippen molar-refractivity contribution in [3.05, 3.63) is 29.6 Å². The van der Waals surface area contributed by atoms with Crippen molar-refractivity contribution in [1.29, 1.82) is 0 Å². The van der Waals surface area contributed by atoms with Gasteiger partial charge in [0, 0.05) is 45.9 Å². The number of benzene rings is 1. The van der Waals surface area contributed by atoms with Crippen LogP contribution in [0.2, 0.25) is 0 Å². The summed E-state index contributed by atoms with van der Waals surface area (Å²) in [6.45, 7) is 14.2. The molecule has 0 aliphatic carbocycles. The highest BCUT2D eigenvalue weighted by molar-refractivity contribution is 14.0. The van der Waals surface area contributed by atoms with Crippen molar-refractivity contribution in [1.82, 2.24) is 15.5 Å². The third-order valence-corrected chi connectivity index (χ3v) is 4.68. The number of anilines is 1. The SMILES string of the molecule is CCNC(=NCc1ccc(N2CCN(CC)CC2)c(F)c1)NCCOCC.I. The maximum atomic E-state index is 14.6. The van der Waals surface area contributed by atoms with Gasteiger partial charge in [0.2, 0.25) is 0 Å². The first-order valence-electron chi connectivity index (χ1n) is 10.0. The summed E-state index contributed by atoms with van der Waals surface area (Å²) < 4.78 is 19.9. The second-order valence-corrected chi connectivity index (χ2v) is 6.53. The molecule has 1 aliphatic heterocycles. The second kappa shape index (κ2) is 13.9. The predicted molar refractivity (Wildman–Crippen MR) is 125 cm³/mol. The zero-order valence-electron chi connectivity index (χ0n) is 17.3. The normalized spacial score (nSPS) is 15.3. The van der Waals surface area contributed by atoms with Crippen LogP contribution in [0.25, 0.3) is 0 Å². The lowest BCUT2D eigenvalue weighted by Crippen LogP contribution is -2.46. The molecule has 1 aromatic rings. The van der Waals surface area contributed by atoms with Gasteiger partial charge < -0.3 is 25.2 Å². The highest BCUT2D eigenvalue weighted by Crippen LogP contribution is 2.22. The maximum absolute atomic E-state index is 14.6. The summed E-state index contributed by atoms with van der Waals surface area (Å²) in [5.74, 6) is 0.555. The molecule has 1 saturated heterocycles. The van der Waals surface area contributed by atoms with Crippen LogP contribution in [-0.4, -0.2) is 69.9 Å². The van der Waals surface area contributed by atoms with Gasteiger partial charge >= 0.3 is 0 Å². The van der Waals surface area contributed by atoms with E-state index in [4.69, 9.17) is 4.74 Å². The van der Waals surface area contributed by atoms with Crippen LogP contribution in [0.3, 0.4) is 0 Å². The number of rotatable bonds is 9. The van der Waals surface area contributed by atoms with E-state index in [0.717, 1.165) is 50.8 Å². The molecule has 0 amide bonds.